The summed E-state index contributed by atoms with van der Waals surface area (Å²) in [6.07, 6.45) is 1.95. The summed E-state index contributed by atoms with van der Waals surface area (Å²) < 4.78 is 7.37. The van der Waals surface area contributed by atoms with Crippen LogP contribution in [0.15, 0.2) is 42.6 Å². The van der Waals surface area contributed by atoms with E-state index >= 15 is 0 Å². The van der Waals surface area contributed by atoms with E-state index < -0.39 is 5.41 Å². The fourth-order valence-electron chi connectivity index (χ4n) is 2.64. The number of hydrogen-bond acceptors (Lipinski definition) is 3. The summed E-state index contributed by atoms with van der Waals surface area (Å²) >= 11 is 5.97. The summed E-state index contributed by atoms with van der Waals surface area (Å²) in [6, 6.07) is 11.5. The predicted molar refractivity (Wildman–Crippen MR) is 105 cm³/mol. The number of benzene rings is 1. The fraction of sp³-hybridized carbons (Fsp3) is 0.300. The van der Waals surface area contributed by atoms with E-state index in [-0.39, 0.29) is 11.8 Å². The van der Waals surface area contributed by atoms with Gasteiger partial charge in [0, 0.05) is 17.6 Å². The third kappa shape index (κ3) is 3.27. The van der Waals surface area contributed by atoms with E-state index in [0.29, 0.717) is 17.3 Å². The number of rotatable bonds is 5. The van der Waals surface area contributed by atoms with E-state index in [1.165, 1.54) is 0 Å². The Bertz CT molecular complexity index is 963. The van der Waals surface area contributed by atoms with Crippen LogP contribution in [0.2, 0.25) is 0 Å². The molecule has 136 valence electrons. The molecule has 1 N–H and O–H groups in total. The van der Waals surface area contributed by atoms with Crippen LogP contribution in [0.4, 0.5) is 5.82 Å². The molecule has 26 heavy (non-hydrogen) atoms. The Balaban J connectivity index is 2.21. The van der Waals surface area contributed by atoms with E-state index in [2.05, 4.69) is 5.32 Å². The molecule has 0 saturated heterocycles. The van der Waals surface area contributed by atoms with Crippen LogP contribution < -0.4 is 10.1 Å². The van der Waals surface area contributed by atoms with Crippen LogP contribution in [0.3, 0.4) is 0 Å². The lowest BCUT2D eigenvalue weighted by Gasteiger charge is -2.21. The molecule has 1 amide bonds. The predicted octanol–water partition coefficient (Wildman–Crippen LogP) is 4.52. The summed E-state index contributed by atoms with van der Waals surface area (Å²) in [5, 5.41) is 3.02. The number of methoxy groups -OCH3 is 1. The first-order chi connectivity index (χ1) is 12.4. The topological polar surface area (TPSA) is 55.6 Å². The average molecular weight is 372 g/mol. The van der Waals surface area contributed by atoms with Crippen LogP contribution in [0.25, 0.3) is 16.9 Å². The maximum Gasteiger partial charge on any atom is 0.232 e. The minimum Gasteiger partial charge on any atom is -0.496 e. The number of hydrogen-bond donors (Lipinski definition) is 1. The molecule has 0 radical (unpaired) electrons. The van der Waals surface area contributed by atoms with Gasteiger partial charge < -0.3 is 10.1 Å². The standard InChI is InChI=1S/C20H22ClN3O2/c1-13-9-10-16-22-17(14-7-5-6-8-15(14)26-4)18(24(16)11-13)23-19(25)20(2,3)12-21/h5-11H,12H2,1-4H3,(H,23,25). The Hall–Kier alpha value is -2.53. The number of aryl methyl sites for hydroxylation is 1. The SMILES string of the molecule is COc1ccccc1-c1nc2ccc(C)cn2c1NC(=O)C(C)(C)CCl. The first kappa shape index (κ1) is 18.3. The second kappa shape index (κ2) is 7.00. The summed E-state index contributed by atoms with van der Waals surface area (Å²) in [7, 11) is 1.62. The zero-order valence-electron chi connectivity index (χ0n) is 15.3. The number of amides is 1. The normalized spacial score (nSPS) is 11.6. The second-order valence-electron chi connectivity index (χ2n) is 6.92. The van der Waals surface area contributed by atoms with Crippen molar-refractivity contribution >= 4 is 29.0 Å². The quantitative estimate of drug-likeness (QED) is 0.671. The Morgan fingerprint density at radius 3 is 2.69 bits per heavy atom. The van der Waals surface area contributed by atoms with Gasteiger partial charge in [-0.1, -0.05) is 18.2 Å². The molecule has 3 rings (SSSR count). The Kier molecular flexibility index (Phi) is 4.92. The third-order valence-electron chi connectivity index (χ3n) is 4.31. The Morgan fingerprint density at radius 1 is 1.27 bits per heavy atom. The summed E-state index contributed by atoms with van der Waals surface area (Å²) in [4.78, 5) is 17.5. The number of nitrogens with one attached hydrogen (secondary N) is 1. The number of pyridine rings is 1. The number of aromatic nitrogens is 2. The van der Waals surface area contributed by atoms with Gasteiger partial charge in [0.1, 0.15) is 22.9 Å². The molecule has 0 spiro atoms. The van der Waals surface area contributed by atoms with Gasteiger partial charge in [0.05, 0.1) is 12.5 Å². The smallest absolute Gasteiger partial charge is 0.232 e. The largest absolute Gasteiger partial charge is 0.496 e. The lowest BCUT2D eigenvalue weighted by Crippen LogP contribution is -2.32. The van der Waals surface area contributed by atoms with Crippen molar-refractivity contribution in [1.29, 1.82) is 0 Å². The zero-order chi connectivity index (χ0) is 18.9. The molecule has 0 aliphatic rings. The van der Waals surface area contributed by atoms with Crippen molar-refractivity contribution in [2.45, 2.75) is 20.8 Å². The van der Waals surface area contributed by atoms with Gasteiger partial charge in [-0.2, -0.15) is 0 Å². The summed E-state index contributed by atoms with van der Waals surface area (Å²) in [5.41, 5.74) is 2.58. The van der Waals surface area contributed by atoms with Crippen molar-refractivity contribution in [3.63, 3.8) is 0 Å². The van der Waals surface area contributed by atoms with E-state index in [0.717, 1.165) is 16.8 Å². The number of fused-ring (bicyclic) bond motifs is 1. The Labute approximate surface area is 158 Å². The van der Waals surface area contributed by atoms with E-state index in [9.17, 15) is 4.79 Å². The summed E-state index contributed by atoms with van der Waals surface area (Å²) in [6.45, 7) is 5.62. The number of halogens is 1. The second-order valence-corrected chi connectivity index (χ2v) is 7.18. The maximum atomic E-state index is 12.8. The fourth-order valence-corrected chi connectivity index (χ4v) is 2.76. The number of carbonyl (C=O) groups excluding carboxylic acids is 1. The lowest BCUT2D eigenvalue weighted by atomic mass is 9.95. The van der Waals surface area contributed by atoms with Crippen molar-refractivity contribution in [3.8, 4) is 17.0 Å². The van der Waals surface area contributed by atoms with Gasteiger partial charge in [-0.05, 0) is 44.5 Å². The van der Waals surface area contributed by atoms with Crippen LogP contribution in [-0.2, 0) is 4.79 Å². The number of para-hydroxylation sites is 1. The minimum atomic E-state index is -0.701. The van der Waals surface area contributed by atoms with Gasteiger partial charge in [0.25, 0.3) is 0 Å². The molecule has 2 aromatic heterocycles. The number of carbonyl (C=O) groups is 1. The van der Waals surface area contributed by atoms with Crippen molar-refractivity contribution in [1.82, 2.24) is 9.38 Å². The highest BCUT2D eigenvalue weighted by molar-refractivity contribution is 6.20. The molecule has 0 bridgehead atoms. The van der Waals surface area contributed by atoms with Gasteiger partial charge in [-0.15, -0.1) is 11.6 Å². The zero-order valence-corrected chi connectivity index (χ0v) is 16.1. The minimum absolute atomic E-state index is 0.160. The van der Waals surface area contributed by atoms with Crippen LogP contribution in [0.1, 0.15) is 19.4 Å². The first-order valence-electron chi connectivity index (χ1n) is 8.37. The van der Waals surface area contributed by atoms with E-state index in [4.69, 9.17) is 21.3 Å². The molecule has 1 aromatic carbocycles. The molecular formula is C20H22ClN3O2. The van der Waals surface area contributed by atoms with Gasteiger partial charge in [0.15, 0.2) is 0 Å². The average Bonchev–Trinajstić information content (AvgIpc) is 2.99. The van der Waals surface area contributed by atoms with Gasteiger partial charge in [0.2, 0.25) is 5.91 Å². The van der Waals surface area contributed by atoms with Crippen molar-refractivity contribution in [2.75, 3.05) is 18.3 Å². The molecule has 0 saturated carbocycles. The molecule has 0 aliphatic carbocycles. The number of anilines is 1. The van der Waals surface area contributed by atoms with Gasteiger partial charge >= 0.3 is 0 Å². The van der Waals surface area contributed by atoms with Gasteiger partial charge in [-0.3, -0.25) is 9.20 Å². The molecule has 3 aromatic rings. The van der Waals surface area contributed by atoms with Crippen molar-refractivity contribution in [3.05, 3.63) is 48.2 Å². The van der Waals surface area contributed by atoms with Gasteiger partial charge in [-0.25, -0.2) is 4.98 Å². The van der Waals surface area contributed by atoms with Crippen LogP contribution >= 0.6 is 11.6 Å². The molecular weight excluding hydrogens is 350 g/mol. The molecule has 0 aliphatic heterocycles. The number of alkyl halides is 1. The van der Waals surface area contributed by atoms with E-state index in [1.807, 2.05) is 67.8 Å². The molecule has 0 unspecified atom stereocenters. The lowest BCUT2D eigenvalue weighted by molar-refractivity contribution is -0.123. The Morgan fingerprint density at radius 2 is 2.00 bits per heavy atom. The molecule has 6 heteroatoms. The molecule has 0 fully saturated rings. The highest BCUT2D eigenvalue weighted by Crippen LogP contribution is 2.36. The summed E-state index contributed by atoms with van der Waals surface area (Å²) in [5.74, 6) is 1.36. The van der Waals surface area contributed by atoms with Crippen LogP contribution in [-0.4, -0.2) is 28.3 Å². The highest BCUT2D eigenvalue weighted by atomic mass is 35.5. The van der Waals surface area contributed by atoms with Crippen LogP contribution in [0.5, 0.6) is 5.75 Å². The van der Waals surface area contributed by atoms with Crippen molar-refractivity contribution in [2.24, 2.45) is 5.41 Å². The molecule has 5 nitrogen and oxygen atoms in total. The number of ether oxygens (including phenoxy) is 1. The monoisotopic (exact) mass is 371 g/mol. The highest BCUT2D eigenvalue weighted by Gasteiger charge is 2.29. The molecule has 2 heterocycles. The maximum absolute atomic E-state index is 12.8. The van der Waals surface area contributed by atoms with E-state index in [1.54, 1.807) is 7.11 Å². The van der Waals surface area contributed by atoms with Crippen LogP contribution in [0, 0.1) is 12.3 Å². The number of nitrogens with zero attached hydrogens (tertiary/aromatic N) is 2. The number of imidazole rings is 1. The molecule has 0 atom stereocenters. The third-order valence-corrected chi connectivity index (χ3v) is 4.98. The first-order valence-corrected chi connectivity index (χ1v) is 8.90. The van der Waals surface area contributed by atoms with Crippen molar-refractivity contribution < 1.29 is 9.53 Å².